The molecule has 1 fully saturated rings. The van der Waals surface area contributed by atoms with E-state index in [-0.39, 0.29) is 5.56 Å². The molecule has 0 unspecified atom stereocenters. The van der Waals surface area contributed by atoms with Crippen LogP contribution in [0, 0.1) is 0 Å². The third-order valence-corrected chi connectivity index (χ3v) is 6.52. The van der Waals surface area contributed by atoms with Crippen LogP contribution in [-0.4, -0.2) is 37.8 Å². The lowest BCUT2D eigenvalue weighted by molar-refractivity contribution is 0.0951. The predicted octanol–water partition coefficient (Wildman–Crippen LogP) is 2.63. The van der Waals surface area contributed by atoms with Gasteiger partial charge >= 0.3 is 0 Å². The topological polar surface area (TPSA) is 85.4 Å². The highest BCUT2D eigenvalue weighted by molar-refractivity contribution is 7.90. The molecule has 3 aromatic rings. The molecule has 2 heterocycles. The highest BCUT2D eigenvalue weighted by Gasteiger charge is 2.30. The molecule has 134 valence electrons. The van der Waals surface area contributed by atoms with Gasteiger partial charge in [-0.15, -0.1) is 0 Å². The van der Waals surface area contributed by atoms with Crippen LogP contribution >= 0.6 is 0 Å². The zero-order chi connectivity index (χ0) is 18.1. The zero-order valence-corrected chi connectivity index (χ0v) is 14.8. The number of pyridine rings is 1. The largest absolute Gasteiger partial charge is 0.381 e. The van der Waals surface area contributed by atoms with E-state index in [2.05, 4.69) is 9.71 Å². The fraction of sp³-hybridized carbons (Fsp3) is 0.263. The van der Waals surface area contributed by atoms with Gasteiger partial charge in [-0.05, 0) is 35.7 Å². The van der Waals surface area contributed by atoms with Crippen LogP contribution < -0.4 is 4.72 Å². The van der Waals surface area contributed by atoms with Gasteiger partial charge in [0.05, 0.1) is 16.3 Å². The number of sulfonamides is 1. The molecule has 1 amide bonds. The summed E-state index contributed by atoms with van der Waals surface area (Å²) in [4.78, 5) is 17.1. The first kappa shape index (κ1) is 16.9. The lowest BCUT2D eigenvalue weighted by Crippen LogP contribution is -2.41. The minimum Gasteiger partial charge on any atom is -0.381 e. The average Bonchev–Trinajstić information content (AvgIpc) is 2.67. The number of aromatic nitrogens is 1. The quantitative estimate of drug-likeness (QED) is 0.717. The molecule has 1 saturated heterocycles. The SMILES string of the molecule is O=C(NS(=O)(=O)C1CCOCC1)c1cc2ccccc2c2cccnc12. The normalized spacial score (nSPS) is 16.0. The summed E-state index contributed by atoms with van der Waals surface area (Å²) in [5, 5.41) is 2.04. The number of benzene rings is 2. The van der Waals surface area contributed by atoms with Crippen molar-refractivity contribution in [2.45, 2.75) is 18.1 Å². The fourth-order valence-electron chi connectivity index (χ4n) is 3.36. The number of nitrogens with zero attached hydrogens (tertiary/aromatic N) is 1. The highest BCUT2D eigenvalue weighted by atomic mass is 32.2. The second kappa shape index (κ2) is 6.66. The van der Waals surface area contributed by atoms with Crippen molar-refractivity contribution in [3.8, 4) is 0 Å². The molecule has 7 heteroatoms. The summed E-state index contributed by atoms with van der Waals surface area (Å²) >= 11 is 0. The van der Waals surface area contributed by atoms with E-state index in [1.54, 1.807) is 18.3 Å². The Morgan fingerprint density at radius 1 is 1.08 bits per heavy atom. The highest BCUT2D eigenvalue weighted by Crippen LogP contribution is 2.27. The van der Waals surface area contributed by atoms with Crippen molar-refractivity contribution in [3.63, 3.8) is 0 Å². The average molecular weight is 370 g/mol. The van der Waals surface area contributed by atoms with Gasteiger partial charge in [0.1, 0.15) is 0 Å². The predicted molar refractivity (Wildman–Crippen MR) is 99.5 cm³/mol. The first-order valence-electron chi connectivity index (χ1n) is 8.46. The molecule has 0 saturated carbocycles. The Balaban J connectivity index is 1.76. The Bertz CT molecular complexity index is 1090. The molecule has 0 bridgehead atoms. The van der Waals surface area contributed by atoms with Crippen LogP contribution in [0.4, 0.5) is 0 Å². The van der Waals surface area contributed by atoms with E-state index in [1.807, 2.05) is 30.3 Å². The second-order valence-electron chi connectivity index (χ2n) is 6.33. The Labute approximate surface area is 151 Å². The van der Waals surface area contributed by atoms with Gasteiger partial charge in [-0.2, -0.15) is 0 Å². The summed E-state index contributed by atoms with van der Waals surface area (Å²) in [5.41, 5.74) is 0.751. The van der Waals surface area contributed by atoms with Crippen molar-refractivity contribution in [3.05, 3.63) is 54.2 Å². The van der Waals surface area contributed by atoms with Crippen molar-refractivity contribution >= 4 is 37.6 Å². The van der Waals surface area contributed by atoms with Crippen LogP contribution in [0.15, 0.2) is 48.7 Å². The number of hydrogen-bond acceptors (Lipinski definition) is 5. The third-order valence-electron chi connectivity index (χ3n) is 4.70. The molecular formula is C19H18N2O4S. The summed E-state index contributed by atoms with van der Waals surface area (Å²) < 4.78 is 32.6. The van der Waals surface area contributed by atoms with Crippen LogP contribution in [0.5, 0.6) is 0 Å². The van der Waals surface area contributed by atoms with Crippen LogP contribution in [-0.2, 0) is 14.8 Å². The summed E-state index contributed by atoms with van der Waals surface area (Å²) in [7, 11) is -3.76. The van der Waals surface area contributed by atoms with Crippen molar-refractivity contribution in [1.29, 1.82) is 0 Å². The molecule has 0 radical (unpaired) electrons. The number of carbonyl (C=O) groups excluding carboxylic acids is 1. The summed E-state index contributed by atoms with van der Waals surface area (Å²) in [6.07, 6.45) is 2.37. The lowest BCUT2D eigenvalue weighted by atomic mass is 10.0. The minimum absolute atomic E-state index is 0.259. The van der Waals surface area contributed by atoms with E-state index in [0.29, 0.717) is 31.6 Å². The third kappa shape index (κ3) is 3.04. The molecule has 1 aromatic heterocycles. The van der Waals surface area contributed by atoms with Crippen molar-refractivity contribution in [1.82, 2.24) is 9.71 Å². The minimum atomic E-state index is -3.76. The maximum absolute atomic E-state index is 12.8. The van der Waals surface area contributed by atoms with Gasteiger partial charge in [0.25, 0.3) is 5.91 Å². The van der Waals surface area contributed by atoms with E-state index in [4.69, 9.17) is 4.74 Å². The number of ether oxygens (including phenoxy) is 1. The number of carbonyl (C=O) groups is 1. The molecule has 1 N–H and O–H groups in total. The van der Waals surface area contributed by atoms with E-state index >= 15 is 0 Å². The Morgan fingerprint density at radius 3 is 2.62 bits per heavy atom. The number of nitrogens with one attached hydrogen (secondary N) is 1. The van der Waals surface area contributed by atoms with Crippen molar-refractivity contribution in [2.24, 2.45) is 0 Å². The van der Waals surface area contributed by atoms with Crippen LogP contribution in [0.3, 0.4) is 0 Å². The van der Waals surface area contributed by atoms with E-state index < -0.39 is 21.2 Å². The maximum atomic E-state index is 12.8. The monoisotopic (exact) mass is 370 g/mol. The summed E-state index contributed by atoms with van der Waals surface area (Å²) in [5.74, 6) is -0.647. The standard InChI is InChI=1S/C19H18N2O4S/c22-19(21-26(23,24)14-7-10-25-11-8-14)17-12-13-4-1-2-5-15(13)16-6-3-9-20-18(16)17/h1-6,9,12,14H,7-8,10-11H2,(H,21,22). The molecule has 1 aliphatic heterocycles. The first-order valence-corrected chi connectivity index (χ1v) is 10.0. The van der Waals surface area contributed by atoms with Gasteiger partial charge in [0, 0.05) is 24.8 Å². The molecule has 1 aliphatic rings. The van der Waals surface area contributed by atoms with Crippen molar-refractivity contribution < 1.29 is 17.9 Å². The van der Waals surface area contributed by atoms with Gasteiger partial charge < -0.3 is 4.74 Å². The maximum Gasteiger partial charge on any atom is 0.266 e. The van der Waals surface area contributed by atoms with E-state index in [9.17, 15) is 13.2 Å². The Hall–Kier alpha value is -2.51. The molecule has 4 rings (SSSR count). The zero-order valence-electron chi connectivity index (χ0n) is 14.0. The van der Waals surface area contributed by atoms with Crippen LogP contribution in [0.25, 0.3) is 21.7 Å². The Morgan fingerprint density at radius 2 is 1.81 bits per heavy atom. The molecule has 0 atom stereocenters. The lowest BCUT2D eigenvalue weighted by Gasteiger charge is -2.22. The molecule has 2 aromatic carbocycles. The first-order chi connectivity index (χ1) is 12.6. The fourth-order valence-corrected chi connectivity index (χ4v) is 4.70. The van der Waals surface area contributed by atoms with Gasteiger partial charge in [-0.3, -0.25) is 9.78 Å². The van der Waals surface area contributed by atoms with Gasteiger partial charge in [-0.25, -0.2) is 13.1 Å². The molecule has 0 aliphatic carbocycles. The van der Waals surface area contributed by atoms with Crippen LogP contribution in [0.1, 0.15) is 23.2 Å². The van der Waals surface area contributed by atoms with Crippen molar-refractivity contribution in [2.75, 3.05) is 13.2 Å². The van der Waals surface area contributed by atoms with E-state index in [1.165, 1.54) is 0 Å². The summed E-state index contributed by atoms with van der Waals surface area (Å²) in [6.45, 7) is 0.778. The molecular weight excluding hydrogens is 352 g/mol. The summed E-state index contributed by atoms with van der Waals surface area (Å²) in [6, 6.07) is 13.0. The van der Waals surface area contributed by atoms with Gasteiger partial charge in [-0.1, -0.05) is 30.3 Å². The molecule has 0 spiro atoms. The molecule has 26 heavy (non-hydrogen) atoms. The smallest absolute Gasteiger partial charge is 0.266 e. The molecule has 6 nitrogen and oxygen atoms in total. The number of amides is 1. The van der Waals surface area contributed by atoms with Gasteiger partial charge in [0.15, 0.2) is 0 Å². The second-order valence-corrected chi connectivity index (χ2v) is 8.29. The van der Waals surface area contributed by atoms with Crippen LogP contribution in [0.2, 0.25) is 0 Å². The van der Waals surface area contributed by atoms with E-state index in [0.717, 1.165) is 16.2 Å². The number of fused-ring (bicyclic) bond motifs is 3. The number of rotatable bonds is 3. The van der Waals surface area contributed by atoms with Gasteiger partial charge in [0.2, 0.25) is 10.0 Å². The Kier molecular flexibility index (Phi) is 4.34. The number of hydrogen-bond donors (Lipinski definition) is 1.